The molecule has 0 aliphatic carbocycles. The minimum absolute atomic E-state index is 0.0593. The number of thiophene rings is 1. The number of hydrogen-bond acceptors (Lipinski definition) is 6. The molecule has 2 aromatic rings. The second-order valence-corrected chi connectivity index (χ2v) is 11.1. The summed E-state index contributed by atoms with van der Waals surface area (Å²) in [7, 11) is -3.67. The molecule has 0 radical (unpaired) electrons. The molecule has 25 heavy (non-hydrogen) atoms. The zero-order chi connectivity index (χ0) is 18.5. The number of thioether (sulfide) groups is 1. The number of nitrogens with one attached hydrogen (secondary N) is 1. The summed E-state index contributed by atoms with van der Waals surface area (Å²) in [5, 5.41) is 1.62. The molecule has 0 bridgehead atoms. The van der Waals surface area contributed by atoms with Crippen molar-refractivity contribution in [3.8, 4) is 0 Å². The fourth-order valence-electron chi connectivity index (χ4n) is 1.98. The third kappa shape index (κ3) is 6.81. The van der Waals surface area contributed by atoms with Gasteiger partial charge in [0.15, 0.2) is 5.12 Å². The lowest BCUT2D eigenvalue weighted by Crippen LogP contribution is -2.34. The largest absolute Gasteiger partial charge is 0.465 e. The van der Waals surface area contributed by atoms with Crippen molar-refractivity contribution in [2.24, 2.45) is 0 Å². The third-order valence-electron chi connectivity index (χ3n) is 2.91. The molecule has 8 heteroatoms. The summed E-state index contributed by atoms with van der Waals surface area (Å²) in [5.41, 5.74) is 0. The molecule has 0 fully saturated rings. The Hall–Kier alpha value is -1.35. The summed E-state index contributed by atoms with van der Waals surface area (Å²) in [6.07, 6.45) is 4.90. The quantitative estimate of drug-likeness (QED) is 0.757. The van der Waals surface area contributed by atoms with Gasteiger partial charge in [0.25, 0.3) is 10.0 Å². The maximum absolute atomic E-state index is 12.5. The van der Waals surface area contributed by atoms with E-state index < -0.39 is 16.1 Å². The van der Waals surface area contributed by atoms with E-state index in [1.54, 1.807) is 35.7 Å². The predicted molar refractivity (Wildman–Crippen MR) is 103 cm³/mol. The monoisotopic (exact) mass is 399 g/mol. The highest BCUT2D eigenvalue weighted by molar-refractivity contribution is 8.14. The number of sulfonamides is 1. The first-order chi connectivity index (χ1) is 11.7. The average Bonchev–Trinajstić information content (AvgIpc) is 3.16. The zero-order valence-corrected chi connectivity index (χ0v) is 16.7. The van der Waals surface area contributed by atoms with Crippen molar-refractivity contribution in [2.75, 3.05) is 0 Å². The first kappa shape index (κ1) is 20.0. The molecule has 0 aliphatic rings. The second kappa shape index (κ2) is 8.35. The van der Waals surface area contributed by atoms with Gasteiger partial charge in [-0.05, 0) is 29.7 Å². The van der Waals surface area contributed by atoms with Crippen LogP contribution in [-0.4, -0.2) is 24.3 Å². The van der Waals surface area contributed by atoms with Crippen molar-refractivity contribution < 1.29 is 17.6 Å². The van der Waals surface area contributed by atoms with E-state index in [0.29, 0.717) is 5.76 Å². The molecular weight excluding hydrogens is 378 g/mol. The van der Waals surface area contributed by atoms with Gasteiger partial charge in [0.05, 0.1) is 6.26 Å². The van der Waals surface area contributed by atoms with Crippen LogP contribution in [0.25, 0.3) is 6.08 Å². The van der Waals surface area contributed by atoms with Gasteiger partial charge >= 0.3 is 0 Å². The Balaban J connectivity index is 2.15. The molecule has 2 rings (SSSR count). The number of furan rings is 1. The Morgan fingerprint density at radius 2 is 2.12 bits per heavy atom. The van der Waals surface area contributed by atoms with Crippen LogP contribution in [0.5, 0.6) is 0 Å². The fourth-order valence-corrected chi connectivity index (χ4v) is 5.13. The summed E-state index contributed by atoms with van der Waals surface area (Å²) in [6.45, 7) is 5.83. The van der Waals surface area contributed by atoms with E-state index in [9.17, 15) is 13.2 Å². The highest BCUT2D eigenvalue weighted by Gasteiger charge is 2.24. The van der Waals surface area contributed by atoms with E-state index in [2.05, 4.69) is 4.72 Å². The van der Waals surface area contributed by atoms with Crippen molar-refractivity contribution in [3.05, 3.63) is 47.7 Å². The molecule has 1 N–H and O–H groups in total. The molecule has 0 saturated heterocycles. The van der Waals surface area contributed by atoms with Gasteiger partial charge in [0.1, 0.15) is 9.97 Å². The molecule has 0 spiro atoms. The molecule has 0 aromatic carbocycles. The maximum Gasteiger partial charge on any atom is 0.250 e. The standard InChI is InChI=1S/C17H21NO4S3/c1-17(2,3)24-15(19)12-13(8-9-14-6-4-10-22-14)18-25(20,21)16-7-5-11-23-16/h4-11,13,18H,12H2,1-3H3/b9-8+/t13-/m0/s1. The van der Waals surface area contributed by atoms with E-state index in [-0.39, 0.29) is 20.5 Å². The van der Waals surface area contributed by atoms with E-state index in [4.69, 9.17) is 4.42 Å². The van der Waals surface area contributed by atoms with Crippen LogP contribution in [0, 0.1) is 0 Å². The summed E-state index contributed by atoms with van der Waals surface area (Å²) in [6, 6.07) is 6.05. The van der Waals surface area contributed by atoms with Crippen molar-refractivity contribution in [3.63, 3.8) is 0 Å². The van der Waals surface area contributed by atoms with Crippen LogP contribution in [0.1, 0.15) is 33.0 Å². The van der Waals surface area contributed by atoms with Gasteiger partial charge in [-0.25, -0.2) is 13.1 Å². The topological polar surface area (TPSA) is 76.4 Å². The molecule has 0 saturated carbocycles. The summed E-state index contributed by atoms with van der Waals surface area (Å²) in [4.78, 5) is 12.3. The van der Waals surface area contributed by atoms with Crippen LogP contribution < -0.4 is 4.72 Å². The van der Waals surface area contributed by atoms with Gasteiger partial charge in [0.2, 0.25) is 0 Å². The molecule has 0 aliphatic heterocycles. The van der Waals surface area contributed by atoms with E-state index in [1.165, 1.54) is 24.1 Å². The molecule has 0 unspecified atom stereocenters. The number of carbonyl (C=O) groups excluding carboxylic acids is 1. The molecule has 136 valence electrons. The summed E-state index contributed by atoms with van der Waals surface area (Å²) in [5.74, 6) is 0.594. The van der Waals surface area contributed by atoms with Crippen LogP contribution >= 0.6 is 23.1 Å². The minimum atomic E-state index is -3.67. The van der Waals surface area contributed by atoms with Gasteiger partial charge in [-0.1, -0.05) is 44.7 Å². The Kier molecular flexibility index (Phi) is 6.67. The minimum Gasteiger partial charge on any atom is -0.465 e. The second-order valence-electron chi connectivity index (χ2n) is 6.32. The Labute approximate surface area is 156 Å². The number of carbonyl (C=O) groups is 1. The first-order valence-corrected chi connectivity index (χ1v) is 10.8. The molecule has 5 nitrogen and oxygen atoms in total. The fraction of sp³-hybridized carbons (Fsp3) is 0.353. The first-order valence-electron chi connectivity index (χ1n) is 7.65. The van der Waals surface area contributed by atoms with Crippen molar-refractivity contribution in [1.29, 1.82) is 0 Å². The van der Waals surface area contributed by atoms with Gasteiger partial charge < -0.3 is 4.42 Å². The molecule has 1 atom stereocenters. The SMILES string of the molecule is CC(C)(C)SC(=O)C[C@H](/C=C/c1ccco1)NS(=O)(=O)c1cccs1. The molecule has 2 heterocycles. The number of rotatable bonds is 7. The van der Waals surface area contributed by atoms with Crippen molar-refractivity contribution in [2.45, 2.75) is 42.2 Å². The number of hydrogen-bond donors (Lipinski definition) is 1. The lowest BCUT2D eigenvalue weighted by molar-refractivity contribution is -0.111. The smallest absolute Gasteiger partial charge is 0.250 e. The maximum atomic E-state index is 12.5. The average molecular weight is 400 g/mol. The van der Waals surface area contributed by atoms with Crippen LogP contribution in [0.3, 0.4) is 0 Å². The third-order valence-corrected chi connectivity index (χ3v) is 6.80. The highest BCUT2D eigenvalue weighted by Crippen LogP contribution is 2.26. The highest BCUT2D eigenvalue weighted by atomic mass is 32.2. The van der Waals surface area contributed by atoms with Crippen LogP contribution in [0.15, 0.2) is 50.6 Å². The van der Waals surface area contributed by atoms with E-state index in [1.807, 2.05) is 20.8 Å². The van der Waals surface area contributed by atoms with E-state index in [0.717, 1.165) is 11.3 Å². The predicted octanol–water partition coefficient (Wildman–Crippen LogP) is 4.15. The molecule has 2 aromatic heterocycles. The Morgan fingerprint density at radius 1 is 1.36 bits per heavy atom. The Morgan fingerprint density at radius 3 is 2.68 bits per heavy atom. The van der Waals surface area contributed by atoms with Crippen molar-refractivity contribution in [1.82, 2.24) is 4.72 Å². The lowest BCUT2D eigenvalue weighted by Gasteiger charge is -2.19. The van der Waals surface area contributed by atoms with Gasteiger partial charge in [-0.15, -0.1) is 11.3 Å². The van der Waals surface area contributed by atoms with Crippen LogP contribution in [-0.2, 0) is 14.8 Å². The van der Waals surface area contributed by atoms with Gasteiger partial charge in [0, 0.05) is 17.2 Å². The van der Waals surface area contributed by atoms with Gasteiger partial charge in [-0.2, -0.15) is 0 Å². The van der Waals surface area contributed by atoms with E-state index >= 15 is 0 Å². The van der Waals surface area contributed by atoms with Gasteiger partial charge in [-0.3, -0.25) is 4.79 Å². The Bertz CT molecular complexity index is 801. The summed E-state index contributed by atoms with van der Waals surface area (Å²) >= 11 is 2.34. The lowest BCUT2D eigenvalue weighted by atomic mass is 10.2. The van der Waals surface area contributed by atoms with Crippen LogP contribution in [0.2, 0.25) is 0 Å². The normalized spacial score (nSPS) is 14.0. The zero-order valence-electron chi connectivity index (χ0n) is 14.3. The molecular formula is C17H21NO4S3. The van der Waals surface area contributed by atoms with Crippen molar-refractivity contribution >= 4 is 44.3 Å². The molecule has 0 amide bonds. The summed E-state index contributed by atoms with van der Waals surface area (Å²) < 4.78 is 32.7. The van der Waals surface area contributed by atoms with Crippen LogP contribution in [0.4, 0.5) is 0 Å².